The molecule has 0 aromatic heterocycles. The van der Waals surface area contributed by atoms with E-state index in [4.69, 9.17) is 0 Å². The van der Waals surface area contributed by atoms with Crippen LogP contribution in [-0.4, -0.2) is 38.2 Å². The van der Waals surface area contributed by atoms with Crippen molar-refractivity contribution in [1.29, 1.82) is 0 Å². The summed E-state index contributed by atoms with van der Waals surface area (Å²) in [5, 5.41) is 31.1. The molecule has 2 aromatic carbocycles. The Bertz CT molecular complexity index is 778. The van der Waals surface area contributed by atoms with E-state index in [1.54, 1.807) is 24.3 Å². The predicted molar refractivity (Wildman–Crippen MR) is 94.9 cm³/mol. The molecule has 1 amide bonds. The number of hydrogen-bond donors (Lipinski definition) is 2. The molecule has 0 radical (unpaired) electrons. The summed E-state index contributed by atoms with van der Waals surface area (Å²) in [5.74, 6) is 0. The first kappa shape index (κ1) is 17.9. The lowest BCUT2D eigenvalue weighted by Crippen LogP contribution is -2.44. The average Bonchev–Trinajstić information content (AvgIpc) is 3.06. The molecule has 1 saturated heterocycles. The quantitative estimate of drug-likeness (QED) is 0.631. The van der Waals surface area contributed by atoms with E-state index in [1.807, 2.05) is 18.2 Å². The first-order chi connectivity index (χ1) is 12.5. The van der Waals surface area contributed by atoms with E-state index in [9.17, 15) is 25.1 Å². The highest BCUT2D eigenvalue weighted by molar-refractivity contribution is 5.66. The van der Waals surface area contributed by atoms with Crippen molar-refractivity contribution in [2.45, 2.75) is 37.5 Å². The van der Waals surface area contributed by atoms with Crippen LogP contribution in [0.5, 0.6) is 0 Å². The lowest BCUT2D eigenvalue weighted by Gasteiger charge is -2.31. The van der Waals surface area contributed by atoms with Gasteiger partial charge in [-0.2, -0.15) is 0 Å². The molecular formula is C19H20N2O5. The number of carbonyl (C=O) groups is 1. The van der Waals surface area contributed by atoms with Gasteiger partial charge in [0.15, 0.2) is 0 Å². The fourth-order valence-electron chi connectivity index (χ4n) is 3.62. The molecular weight excluding hydrogens is 336 g/mol. The number of nitro groups is 1. The molecule has 0 bridgehead atoms. The first-order valence-corrected chi connectivity index (χ1v) is 8.45. The average molecular weight is 356 g/mol. The molecule has 2 N–H and O–H groups in total. The number of non-ortho nitro benzene ring substituents is 1. The van der Waals surface area contributed by atoms with Gasteiger partial charge in [0.05, 0.1) is 17.1 Å². The molecule has 3 atom stereocenters. The highest BCUT2D eigenvalue weighted by Crippen LogP contribution is 2.34. The summed E-state index contributed by atoms with van der Waals surface area (Å²) < 4.78 is 0. The Hall–Kier alpha value is -2.93. The molecule has 2 aromatic rings. The summed E-state index contributed by atoms with van der Waals surface area (Å²) >= 11 is 0. The summed E-state index contributed by atoms with van der Waals surface area (Å²) in [6, 6.07) is 14.4. The van der Waals surface area contributed by atoms with Gasteiger partial charge in [0.1, 0.15) is 0 Å². The summed E-state index contributed by atoms with van der Waals surface area (Å²) in [6.45, 7) is 0. The summed E-state index contributed by atoms with van der Waals surface area (Å²) in [6.07, 6.45) is -0.274. The Morgan fingerprint density at radius 3 is 2.38 bits per heavy atom. The zero-order valence-corrected chi connectivity index (χ0v) is 14.1. The van der Waals surface area contributed by atoms with E-state index in [-0.39, 0.29) is 11.7 Å². The number of benzene rings is 2. The van der Waals surface area contributed by atoms with Crippen LogP contribution in [0, 0.1) is 10.1 Å². The van der Waals surface area contributed by atoms with Gasteiger partial charge in [-0.25, -0.2) is 4.79 Å². The van der Waals surface area contributed by atoms with Crippen LogP contribution in [-0.2, 0) is 6.42 Å². The van der Waals surface area contributed by atoms with Gasteiger partial charge in [-0.05, 0) is 30.4 Å². The van der Waals surface area contributed by atoms with Gasteiger partial charge in [-0.3, -0.25) is 15.0 Å². The Morgan fingerprint density at radius 1 is 1.15 bits per heavy atom. The van der Waals surface area contributed by atoms with Crippen molar-refractivity contribution in [3.05, 3.63) is 75.8 Å². The highest BCUT2D eigenvalue weighted by atomic mass is 16.6. The minimum absolute atomic E-state index is 0.00707. The molecule has 0 aliphatic carbocycles. The zero-order valence-electron chi connectivity index (χ0n) is 14.1. The van der Waals surface area contributed by atoms with Crippen LogP contribution in [0.1, 0.15) is 30.1 Å². The van der Waals surface area contributed by atoms with E-state index in [2.05, 4.69) is 0 Å². The molecule has 7 heteroatoms. The van der Waals surface area contributed by atoms with Gasteiger partial charge in [-0.1, -0.05) is 42.5 Å². The number of aliphatic hydroxyl groups is 1. The number of hydrogen-bond acceptors (Lipinski definition) is 4. The monoisotopic (exact) mass is 356 g/mol. The van der Waals surface area contributed by atoms with Gasteiger partial charge in [0, 0.05) is 18.2 Å². The number of carboxylic acid groups (broad SMARTS) is 1. The van der Waals surface area contributed by atoms with E-state index < -0.39 is 23.2 Å². The van der Waals surface area contributed by atoms with Crippen LogP contribution < -0.4 is 0 Å². The Labute approximate surface area is 150 Å². The number of nitrogens with zero attached hydrogens (tertiary/aromatic N) is 2. The minimum atomic E-state index is -1.06. The van der Waals surface area contributed by atoms with Crippen molar-refractivity contribution in [2.75, 3.05) is 0 Å². The summed E-state index contributed by atoms with van der Waals surface area (Å²) in [7, 11) is 0. The molecule has 26 heavy (non-hydrogen) atoms. The predicted octanol–water partition coefficient (Wildman–Crippen LogP) is 3.38. The largest absolute Gasteiger partial charge is 0.465 e. The van der Waals surface area contributed by atoms with Crippen molar-refractivity contribution in [3.8, 4) is 0 Å². The molecule has 1 aliphatic heterocycles. The van der Waals surface area contributed by atoms with E-state index in [0.29, 0.717) is 24.8 Å². The third-order valence-corrected chi connectivity index (χ3v) is 4.89. The van der Waals surface area contributed by atoms with E-state index >= 15 is 0 Å². The van der Waals surface area contributed by atoms with Crippen molar-refractivity contribution in [3.63, 3.8) is 0 Å². The Kier molecular flexibility index (Phi) is 5.18. The second-order valence-corrected chi connectivity index (χ2v) is 6.47. The van der Waals surface area contributed by atoms with E-state index in [1.165, 1.54) is 17.0 Å². The minimum Gasteiger partial charge on any atom is -0.465 e. The molecule has 3 rings (SSSR count). The van der Waals surface area contributed by atoms with Gasteiger partial charge in [-0.15, -0.1) is 0 Å². The van der Waals surface area contributed by atoms with Gasteiger partial charge >= 0.3 is 6.09 Å². The molecule has 7 nitrogen and oxygen atoms in total. The Morgan fingerprint density at radius 2 is 1.81 bits per heavy atom. The van der Waals surface area contributed by atoms with Crippen molar-refractivity contribution in [1.82, 2.24) is 4.90 Å². The molecule has 1 aliphatic rings. The lowest BCUT2D eigenvalue weighted by molar-refractivity contribution is -0.384. The topological polar surface area (TPSA) is 104 Å². The number of nitro benzene ring substituents is 1. The van der Waals surface area contributed by atoms with Gasteiger partial charge < -0.3 is 10.2 Å². The highest BCUT2D eigenvalue weighted by Gasteiger charge is 2.41. The number of amides is 1. The third-order valence-electron chi connectivity index (χ3n) is 4.89. The summed E-state index contributed by atoms with van der Waals surface area (Å²) in [5.41, 5.74) is 1.54. The zero-order chi connectivity index (χ0) is 18.7. The molecule has 0 spiro atoms. The third kappa shape index (κ3) is 3.67. The lowest BCUT2D eigenvalue weighted by atomic mass is 10.0. The van der Waals surface area contributed by atoms with E-state index in [0.717, 1.165) is 5.56 Å². The smallest absolute Gasteiger partial charge is 0.407 e. The SMILES string of the molecule is O=C(O)N1[C@H](Cc2ccc([N+](=O)[O-])cc2)CC[C@@H]1C(O)c1ccccc1. The molecule has 1 unspecified atom stereocenters. The van der Waals surface area contributed by atoms with Crippen LogP contribution in [0.2, 0.25) is 0 Å². The van der Waals surface area contributed by atoms with Crippen molar-refractivity contribution in [2.24, 2.45) is 0 Å². The number of rotatable bonds is 5. The van der Waals surface area contributed by atoms with Crippen LogP contribution in [0.15, 0.2) is 54.6 Å². The van der Waals surface area contributed by atoms with Gasteiger partial charge in [0.25, 0.3) is 5.69 Å². The fourth-order valence-corrected chi connectivity index (χ4v) is 3.62. The molecule has 136 valence electrons. The fraction of sp³-hybridized carbons (Fsp3) is 0.316. The van der Waals surface area contributed by atoms with Crippen molar-refractivity contribution < 1.29 is 19.9 Å². The molecule has 0 saturated carbocycles. The molecule has 1 heterocycles. The number of aliphatic hydroxyl groups excluding tert-OH is 1. The standard InChI is InChI=1S/C19H20N2O5/c22-18(14-4-2-1-3-5-14)17-11-10-16(20(17)19(23)24)12-13-6-8-15(9-7-13)21(25)26/h1-9,16-18,22H,10-12H2,(H,23,24)/t16-,17+,18?/m0/s1. The second kappa shape index (κ2) is 7.53. The van der Waals surface area contributed by atoms with Crippen LogP contribution in [0.4, 0.5) is 10.5 Å². The first-order valence-electron chi connectivity index (χ1n) is 8.45. The van der Waals surface area contributed by atoms with Crippen LogP contribution >= 0.6 is 0 Å². The van der Waals surface area contributed by atoms with Crippen LogP contribution in [0.25, 0.3) is 0 Å². The summed E-state index contributed by atoms with van der Waals surface area (Å²) in [4.78, 5) is 23.4. The number of likely N-dealkylation sites (tertiary alicyclic amines) is 1. The maximum atomic E-state index is 11.8. The van der Waals surface area contributed by atoms with Gasteiger partial charge in [0.2, 0.25) is 0 Å². The van der Waals surface area contributed by atoms with Crippen LogP contribution in [0.3, 0.4) is 0 Å². The normalized spacial score (nSPS) is 20.7. The Balaban J connectivity index is 1.76. The molecule has 1 fully saturated rings. The maximum absolute atomic E-state index is 11.8. The van der Waals surface area contributed by atoms with Crippen molar-refractivity contribution >= 4 is 11.8 Å². The second-order valence-electron chi connectivity index (χ2n) is 6.47. The maximum Gasteiger partial charge on any atom is 0.407 e.